The fourth-order valence-corrected chi connectivity index (χ4v) is 7.49. The van der Waals surface area contributed by atoms with Crippen LogP contribution in [0.2, 0.25) is 0 Å². The van der Waals surface area contributed by atoms with E-state index in [9.17, 15) is 19.2 Å². The smallest absolute Gasteiger partial charge is 0.318 e. The predicted molar refractivity (Wildman–Crippen MR) is 145 cm³/mol. The number of β-lactam (4-membered cyclic amide) rings is 1. The zero-order valence-corrected chi connectivity index (χ0v) is 24.7. The Kier molecular flexibility index (Phi) is 9.13. The van der Waals surface area contributed by atoms with E-state index in [0.717, 1.165) is 0 Å². The molecule has 2 fully saturated rings. The van der Waals surface area contributed by atoms with Crippen molar-refractivity contribution in [2.45, 2.75) is 36.5 Å². The molecule has 0 aromatic carbocycles. The summed E-state index contributed by atoms with van der Waals surface area (Å²) >= 11 is 5.18. The predicted octanol–water partition coefficient (Wildman–Crippen LogP) is 1.61. The van der Waals surface area contributed by atoms with Gasteiger partial charge in [-0.2, -0.15) is 4.37 Å². The summed E-state index contributed by atoms with van der Waals surface area (Å²) in [5.41, 5.74) is 0.00917. The van der Waals surface area contributed by atoms with Crippen LogP contribution in [-0.4, -0.2) is 92.1 Å². The molecule has 39 heavy (non-hydrogen) atoms. The van der Waals surface area contributed by atoms with Crippen LogP contribution in [0.1, 0.15) is 26.5 Å². The van der Waals surface area contributed by atoms with Crippen LogP contribution in [0.15, 0.2) is 26.7 Å². The number of aromatic nitrogens is 3. The van der Waals surface area contributed by atoms with Gasteiger partial charge in [-0.15, -0.1) is 23.1 Å². The van der Waals surface area contributed by atoms with Crippen molar-refractivity contribution in [3.63, 3.8) is 0 Å². The van der Waals surface area contributed by atoms with Crippen molar-refractivity contribution in [2.24, 2.45) is 16.0 Å². The van der Waals surface area contributed by atoms with Gasteiger partial charge in [-0.3, -0.25) is 19.2 Å². The number of hydrogen-bond acceptors (Lipinski definition) is 15. The Hall–Kier alpha value is -2.76. The van der Waals surface area contributed by atoms with Crippen LogP contribution in [0.25, 0.3) is 0 Å². The average molecular weight is 615 g/mol. The van der Waals surface area contributed by atoms with Crippen molar-refractivity contribution >= 4 is 75.9 Å². The molecule has 2 amide bonds. The number of ether oxygens (including phenoxy) is 2. The fourth-order valence-electron chi connectivity index (χ4n) is 3.66. The van der Waals surface area contributed by atoms with E-state index < -0.39 is 41.5 Å². The molecule has 2 aliphatic rings. The van der Waals surface area contributed by atoms with E-state index in [-0.39, 0.29) is 29.3 Å². The molecule has 0 spiro atoms. The van der Waals surface area contributed by atoms with Crippen molar-refractivity contribution in [3.8, 4) is 0 Å². The van der Waals surface area contributed by atoms with Crippen LogP contribution >= 0.6 is 46.4 Å². The third-order valence-corrected chi connectivity index (χ3v) is 10.0. The molecule has 13 nitrogen and oxygen atoms in total. The molecule has 3 atom stereocenters. The van der Waals surface area contributed by atoms with Gasteiger partial charge in [0.25, 0.3) is 5.91 Å². The molecule has 0 aliphatic carbocycles. The molecule has 1 N–H and O–H groups in total. The van der Waals surface area contributed by atoms with Crippen LogP contribution in [0.3, 0.4) is 0 Å². The number of hydrogen-bond donors (Lipinski definition) is 1. The molecule has 17 heteroatoms. The first-order valence-electron chi connectivity index (χ1n) is 11.5. The van der Waals surface area contributed by atoms with Crippen molar-refractivity contribution in [2.75, 3.05) is 32.0 Å². The highest BCUT2D eigenvalue weighted by Gasteiger charge is 2.58. The number of oxime groups is 1. The molecule has 2 saturated heterocycles. The minimum absolute atomic E-state index is 0.0398. The Morgan fingerprint density at radius 2 is 2.08 bits per heavy atom. The molecular weight excluding hydrogens is 589 g/mol. The van der Waals surface area contributed by atoms with Crippen LogP contribution < -0.4 is 5.32 Å². The van der Waals surface area contributed by atoms with Crippen molar-refractivity contribution in [3.05, 3.63) is 22.9 Å². The highest BCUT2D eigenvalue weighted by Crippen LogP contribution is 2.45. The van der Waals surface area contributed by atoms with E-state index in [2.05, 4.69) is 24.8 Å². The van der Waals surface area contributed by atoms with E-state index in [4.69, 9.17) is 14.3 Å². The van der Waals surface area contributed by atoms with Crippen LogP contribution in [0, 0.1) is 10.8 Å². The summed E-state index contributed by atoms with van der Waals surface area (Å²) in [4.78, 5) is 66.0. The van der Waals surface area contributed by atoms with E-state index in [1.54, 1.807) is 31.7 Å². The lowest BCUT2D eigenvalue weighted by Gasteiger charge is -2.54. The van der Waals surface area contributed by atoms with Crippen molar-refractivity contribution in [1.82, 2.24) is 24.6 Å². The van der Waals surface area contributed by atoms with E-state index >= 15 is 0 Å². The minimum Gasteiger partial charge on any atom is -0.427 e. The topological polar surface area (TPSA) is 162 Å². The molecule has 210 valence electrons. The maximum atomic E-state index is 13.3. The lowest BCUT2D eigenvalue weighted by atomic mass is 9.89. The Morgan fingerprint density at radius 3 is 2.72 bits per heavy atom. The number of nitrogens with one attached hydrogen (secondary N) is 1. The molecule has 4 rings (SSSR count). The summed E-state index contributed by atoms with van der Waals surface area (Å²) in [5.74, 6) is -1.46. The standard InChI is InChI=1S/C22H26N6O7S4/c1-21(2,3)18(31)34-11-35-19(32)22(8-38-20-23-9-25-39-20)6-28-16(30)14(17(28)37-7-22)26-15(29)13(27-33-4)12-5-36-10-24-12/h5,9-10,14,17H,6-8,11H2,1-4H3,(H,26,29)/t14?,17-,22?/m1/s1. The summed E-state index contributed by atoms with van der Waals surface area (Å²) in [6, 6.07) is -0.805. The zero-order chi connectivity index (χ0) is 28.2. The first-order valence-corrected chi connectivity index (χ1v) is 15.3. The van der Waals surface area contributed by atoms with Crippen LogP contribution in [0.4, 0.5) is 0 Å². The summed E-state index contributed by atoms with van der Waals surface area (Å²) in [6.45, 7) is 4.63. The number of rotatable bonds is 10. The maximum Gasteiger partial charge on any atom is 0.318 e. The first kappa shape index (κ1) is 29.2. The second kappa shape index (κ2) is 12.2. The highest BCUT2D eigenvalue weighted by molar-refractivity contribution is 8.01. The number of esters is 2. The molecule has 2 aromatic heterocycles. The monoisotopic (exact) mass is 614 g/mol. The first-order chi connectivity index (χ1) is 18.6. The Labute approximate surface area is 240 Å². The van der Waals surface area contributed by atoms with Gasteiger partial charge in [-0.25, -0.2) is 9.97 Å². The quantitative estimate of drug-likeness (QED) is 0.103. The van der Waals surface area contributed by atoms with Gasteiger partial charge in [-0.1, -0.05) is 16.9 Å². The van der Waals surface area contributed by atoms with Crippen LogP contribution in [0.5, 0.6) is 0 Å². The number of thioether (sulfide) groups is 2. The molecule has 2 aromatic rings. The van der Waals surface area contributed by atoms with Crippen molar-refractivity contribution < 1.29 is 33.5 Å². The second-order valence-corrected chi connectivity index (χ2v) is 13.4. The maximum absolute atomic E-state index is 13.3. The van der Waals surface area contributed by atoms with E-state index in [0.29, 0.717) is 15.8 Å². The zero-order valence-electron chi connectivity index (χ0n) is 21.4. The van der Waals surface area contributed by atoms with Gasteiger partial charge in [0.15, 0.2) is 10.1 Å². The lowest BCUT2D eigenvalue weighted by Crippen LogP contribution is -2.74. The minimum atomic E-state index is -1.10. The Bertz CT molecular complexity index is 1230. The lowest BCUT2D eigenvalue weighted by molar-refractivity contribution is -0.180. The Balaban J connectivity index is 1.43. The van der Waals surface area contributed by atoms with E-state index in [1.807, 2.05) is 0 Å². The molecule has 2 aliphatic heterocycles. The number of carbonyl (C=O) groups excluding carboxylic acids is 4. The molecule has 0 bridgehead atoms. The van der Waals surface area contributed by atoms with Gasteiger partial charge in [0, 0.05) is 23.4 Å². The summed E-state index contributed by atoms with van der Waals surface area (Å²) in [5, 5.41) is 7.75. The van der Waals surface area contributed by atoms with Crippen LogP contribution in [-0.2, 0) is 33.5 Å². The molecule has 4 heterocycles. The molecular formula is C22H26N6O7S4. The second-order valence-electron chi connectivity index (χ2n) is 9.62. The highest BCUT2D eigenvalue weighted by atomic mass is 32.2. The van der Waals surface area contributed by atoms with Gasteiger partial charge in [0.2, 0.25) is 12.7 Å². The number of carbonyl (C=O) groups is 4. The van der Waals surface area contributed by atoms with Gasteiger partial charge in [0.1, 0.15) is 36.0 Å². The average Bonchev–Trinajstić information content (AvgIpc) is 3.63. The van der Waals surface area contributed by atoms with Gasteiger partial charge in [0.05, 0.1) is 10.9 Å². The summed E-state index contributed by atoms with van der Waals surface area (Å²) < 4.78 is 15.1. The fraction of sp³-hybridized carbons (Fsp3) is 0.545. The van der Waals surface area contributed by atoms with Gasteiger partial charge < -0.3 is 24.5 Å². The number of fused-ring (bicyclic) bond motifs is 1. The summed E-state index contributed by atoms with van der Waals surface area (Å²) in [7, 11) is 1.31. The number of thiazole rings is 1. The third-order valence-electron chi connectivity index (χ3n) is 5.74. The number of nitrogens with zero attached hydrogens (tertiary/aromatic N) is 5. The molecule has 2 unspecified atom stereocenters. The van der Waals surface area contributed by atoms with Gasteiger partial charge >= 0.3 is 11.9 Å². The third kappa shape index (κ3) is 6.53. The van der Waals surface area contributed by atoms with E-state index in [1.165, 1.54) is 64.7 Å². The van der Waals surface area contributed by atoms with Gasteiger partial charge in [-0.05, 0) is 32.3 Å². The SMILES string of the molecule is CON=C(C(=O)NC1C(=O)N2CC(CSc3ncns3)(C(=O)OCOC(=O)C(C)(C)C)CS[C@H]12)c1cscn1. The Morgan fingerprint density at radius 1 is 1.28 bits per heavy atom. The molecule has 0 saturated carbocycles. The summed E-state index contributed by atoms with van der Waals surface area (Å²) in [6.07, 6.45) is 1.43. The number of amides is 2. The molecule has 0 radical (unpaired) electrons. The normalized spacial score (nSPS) is 22.9. The largest absolute Gasteiger partial charge is 0.427 e. The van der Waals surface area contributed by atoms with Crippen molar-refractivity contribution in [1.29, 1.82) is 0 Å².